The Kier molecular flexibility index (Phi) is 4.95. The molecule has 1 heterocycles. The molecule has 1 atom stereocenters. The monoisotopic (exact) mass is 327 g/mol. The Morgan fingerprint density at radius 3 is 2.59 bits per heavy atom. The highest BCUT2D eigenvalue weighted by Crippen LogP contribution is 2.26. The highest BCUT2D eigenvalue weighted by atomic mass is 32.2. The predicted octanol–water partition coefficient (Wildman–Crippen LogP) is 0.892. The van der Waals surface area contributed by atoms with Crippen LogP contribution >= 0.6 is 0 Å². The number of ether oxygens (including phenoxy) is 2. The van der Waals surface area contributed by atoms with E-state index in [1.54, 1.807) is 32.4 Å². The first-order chi connectivity index (χ1) is 10.4. The maximum atomic E-state index is 12.4. The summed E-state index contributed by atoms with van der Waals surface area (Å²) < 4.78 is 33.5. The van der Waals surface area contributed by atoms with E-state index in [1.807, 2.05) is 0 Å². The standard InChI is InChI=1S/C15H21NO5S/c1-16(12-6-7-22(18,19)10-12)15(17)8-11-4-5-13(20-2)9-14(11)21-3/h4-5,9,12H,6-8,10H2,1-3H3/t12-/m0/s1. The molecular weight excluding hydrogens is 306 g/mol. The van der Waals surface area contributed by atoms with Crippen molar-refractivity contribution in [2.75, 3.05) is 32.8 Å². The molecule has 2 rings (SSSR count). The minimum atomic E-state index is -3.00. The molecule has 0 radical (unpaired) electrons. The van der Waals surface area contributed by atoms with E-state index in [9.17, 15) is 13.2 Å². The zero-order chi connectivity index (χ0) is 16.3. The van der Waals surface area contributed by atoms with Crippen molar-refractivity contribution in [3.05, 3.63) is 23.8 Å². The molecule has 122 valence electrons. The number of carbonyl (C=O) groups excluding carboxylic acids is 1. The van der Waals surface area contributed by atoms with Crippen molar-refractivity contribution in [2.45, 2.75) is 18.9 Å². The van der Waals surface area contributed by atoms with Gasteiger partial charge in [0.25, 0.3) is 0 Å². The lowest BCUT2D eigenvalue weighted by atomic mass is 10.1. The fourth-order valence-corrected chi connectivity index (χ4v) is 4.34. The smallest absolute Gasteiger partial charge is 0.227 e. The summed E-state index contributed by atoms with van der Waals surface area (Å²) in [5.41, 5.74) is 0.751. The predicted molar refractivity (Wildman–Crippen MR) is 83.1 cm³/mol. The molecule has 1 aliphatic rings. The maximum absolute atomic E-state index is 12.4. The minimum Gasteiger partial charge on any atom is -0.497 e. The van der Waals surface area contributed by atoms with Crippen LogP contribution in [0.1, 0.15) is 12.0 Å². The van der Waals surface area contributed by atoms with E-state index in [0.29, 0.717) is 17.9 Å². The number of sulfone groups is 1. The van der Waals surface area contributed by atoms with Crippen LogP contribution < -0.4 is 9.47 Å². The first kappa shape index (κ1) is 16.6. The van der Waals surface area contributed by atoms with Gasteiger partial charge in [0.05, 0.1) is 32.1 Å². The average Bonchev–Trinajstić information content (AvgIpc) is 2.86. The largest absolute Gasteiger partial charge is 0.497 e. The van der Waals surface area contributed by atoms with Crippen molar-refractivity contribution in [1.82, 2.24) is 4.90 Å². The third-order valence-electron chi connectivity index (χ3n) is 3.99. The number of benzene rings is 1. The molecule has 6 nitrogen and oxygen atoms in total. The van der Waals surface area contributed by atoms with Crippen LogP contribution in [-0.2, 0) is 21.1 Å². The van der Waals surface area contributed by atoms with Gasteiger partial charge in [0.15, 0.2) is 9.84 Å². The summed E-state index contributed by atoms with van der Waals surface area (Å²) >= 11 is 0. The second-order valence-corrected chi connectivity index (χ2v) is 7.64. The second kappa shape index (κ2) is 6.56. The molecule has 1 aliphatic heterocycles. The average molecular weight is 327 g/mol. The Morgan fingerprint density at radius 2 is 2.05 bits per heavy atom. The van der Waals surface area contributed by atoms with Crippen LogP contribution in [0.2, 0.25) is 0 Å². The van der Waals surface area contributed by atoms with Gasteiger partial charge >= 0.3 is 0 Å². The van der Waals surface area contributed by atoms with Crippen LogP contribution in [-0.4, -0.2) is 58.0 Å². The maximum Gasteiger partial charge on any atom is 0.227 e. The number of nitrogens with zero attached hydrogens (tertiary/aromatic N) is 1. The lowest BCUT2D eigenvalue weighted by Crippen LogP contribution is -2.38. The van der Waals surface area contributed by atoms with Gasteiger partial charge in [0.1, 0.15) is 11.5 Å². The molecule has 0 bridgehead atoms. The van der Waals surface area contributed by atoms with Crippen molar-refractivity contribution < 1.29 is 22.7 Å². The third-order valence-corrected chi connectivity index (χ3v) is 5.74. The van der Waals surface area contributed by atoms with Crippen LogP contribution in [0.3, 0.4) is 0 Å². The molecule has 22 heavy (non-hydrogen) atoms. The van der Waals surface area contributed by atoms with Crippen LogP contribution in [0, 0.1) is 0 Å². The summed E-state index contributed by atoms with van der Waals surface area (Å²) in [6.45, 7) is 0. The SMILES string of the molecule is COc1ccc(CC(=O)N(C)[C@H]2CCS(=O)(=O)C2)c(OC)c1. The summed E-state index contributed by atoms with van der Waals surface area (Å²) in [6, 6.07) is 5.05. The van der Waals surface area contributed by atoms with Crippen molar-refractivity contribution in [1.29, 1.82) is 0 Å². The number of rotatable bonds is 5. The van der Waals surface area contributed by atoms with Gasteiger partial charge in [-0.05, 0) is 12.5 Å². The quantitative estimate of drug-likeness (QED) is 0.803. The highest BCUT2D eigenvalue weighted by Gasteiger charge is 2.32. The number of methoxy groups -OCH3 is 2. The number of hydrogen-bond acceptors (Lipinski definition) is 5. The summed E-state index contributed by atoms with van der Waals surface area (Å²) in [7, 11) is 1.75. The van der Waals surface area contributed by atoms with E-state index in [1.165, 1.54) is 12.0 Å². The summed E-state index contributed by atoms with van der Waals surface area (Å²) in [5.74, 6) is 1.32. The van der Waals surface area contributed by atoms with E-state index < -0.39 is 9.84 Å². The lowest BCUT2D eigenvalue weighted by molar-refractivity contribution is -0.130. The second-order valence-electron chi connectivity index (χ2n) is 5.42. The topological polar surface area (TPSA) is 72.9 Å². The van der Waals surface area contributed by atoms with Gasteiger partial charge in [-0.1, -0.05) is 6.07 Å². The van der Waals surface area contributed by atoms with Crippen LogP contribution in [0.15, 0.2) is 18.2 Å². The van der Waals surface area contributed by atoms with Crippen LogP contribution in [0.5, 0.6) is 11.5 Å². The first-order valence-electron chi connectivity index (χ1n) is 7.03. The van der Waals surface area contributed by atoms with Gasteiger partial charge in [0.2, 0.25) is 5.91 Å². The van der Waals surface area contributed by atoms with Gasteiger partial charge < -0.3 is 14.4 Å². The van der Waals surface area contributed by atoms with Gasteiger partial charge in [-0.15, -0.1) is 0 Å². The van der Waals surface area contributed by atoms with E-state index in [4.69, 9.17) is 9.47 Å². The molecule has 1 aromatic carbocycles. The zero-order valence-electron chi connectivity index (χ0n) is 13.0. The van der Waals surface area contributed by atoms with Crippen molar-refractivity contribution >= 4 is 15.7 Å². The van der Waals surface area contributed by atoms with E-state index >= 15 is 0 Å². The molecule has 0 N–H and O–H groups in total. The van der Waals surface area contributed by atoms with Crippen molar-refractivity contribution in [2.24, 2.45) is 0 Å². The van der Waals surface area contributed by atoms with E-state index in [2.05, 4.69) is 0 Å². The fourth-order valence-electron chi connectivity index (χ4n) is 2.57. The number of hydrogen-bond donors (Lipinski definition) is 0. The Hall–Kier alpha value is -1.76. The van der Waals surface area contributed by atoms with Crippen LogP contribution in [0.25, 0.3) is 0 Å². The third kappa shape index (κ3) is 3.71. The molecule has 1 aromatic rings. The molecule has 7 heteroatoms. The van der Waals surface area contributed by atoms with Gasteiger partial charge in [-0.3, -0.25) is 4.79 Å². The Balaban J connectivity index is 2.08. The molecule has 1 fully saturated rings. The fraction of sp³-hybridized carbons (Fsp3) is 0.533. The van der Waals surface area contributed by atoms with E-state index in [0.717, 1.165) is 5.56 Å². The lowest BCUT2D eigenvalue weighted by Gasteiger charge is -2.24. The summed E-state index contributed by atoms with van der Waals surface area (Å²) in [6.07, 6.45) is 0.671. The number of likely N-dealkylation sites (N-methyl/N-ethyl adjacent to an activating group) is 1. The molecule has 0 aliphatic carbocycles. The van der Waals surface area contributed by atoms with Gasteiger partial charge in [0, 0.05) is 24.7 Å². The Morgan fingerprint density at radius 1 is 1.32 bits per heavy atom. The highest BCUT2D eigenvalue weighted by molar-refractivity contribution is 7.91. The minimum absolute atomic E-state index is 0.0506. The Bertz CT molecular complexity index is 656. The summed E-state index contributed by atoms with van der Waals surface area (Å²) in [5, 5.41) is 0. The normalized spacial score (nSPS) is 19.7. The molecule has 0 spiro atoms. The molecule has 0 unspecified atom stereocenters. The van der Waals surface area contributed by atoms with Crippen molar-refractivity contribution in [3.8, 4) is 11.5 Å². The number of amides is 1. The molecule has 0 aromatic heterocycles. The molecular formula is C15H21NO5S. The van der Waals surface area contributed by atoms with Gasteiger partial charge in [-0.25, -0.2) is 8.42 Å². The van der Waals surface area contributed by atoms with Crippen molar-refractivity contribution in [3.63, 3.8) is 0 Å². The molecule has 1 amide bonds. The zero-order valence-corrected chi connectivity index (χ0v) is 13.9. The molecule has 0 saturated carbocycles. The molecule has 1 saturated heterocycles. The van der Waals surface area contributed by atoms with Gasteiger partial charge in [-0.2, -0.15) is 0 Å². The first-order valence-corrected chi connectivity index (χ1v) is 8.85. The Labute approximate surface area is 130 Å². The van der Waals surface area contributed by atoms with Crippen LogP contribution in [0.4, 0.5) is 0 Å². The van der Waals surface area contributed by atoms with E-state index in [-0.39, 0.29) is 29.9 Å². The summed E-state index contributed by atoms with van der Waals surface area (Å²) in [4.78, 5) is 13.9. The number of carbonyl (C=O) groups is 1.